The van der Waals surface area contributed by atoms with Gasteiger partial charge in [0.15, 0.2) is 0 Å². The third kappa shape index (κ3) is 6.00. The van der Waals surface area contributed by atoms with Gasteiger partial charge in [-0.05, 0) is 49.1 Å². The zero-order chi connectivity index (χ0) is 19.9. The molecule has 0 spiro atoms. The highest BCUT2D eigenvalue weighted by Gasteiger charge is 2.27. The fourth-order valence-electron chi connectivity index (χ4n) is 4.61. The first-order chi connectivity index (χ1) is 13.5. The number of hydrogen-bond donors (Lipinski definition) is 1. The number of carbonyl (C=O) groups is 2. The standard InChI is InChI=1S/C23H34N2O2S/c1-17-12-18(2)15-25(14-17)23(27)20-10-6-7-11-21(20)28-16-22(26)24-13-19-8-4-3-5-9-19/h6-7,10-11,17-19H,3-5,8-9,12-16H2,1-2H3,(H,24,26). The Hall–Kier alpha value is -1.49. The Labute approximate surface area is 173 Å². The lowest BCUT2D eigenvalue weighted by Crippen LogP contribution is -2.42. The average molecular weight is 403 g/mol. The first-order valence-corrected chi connectivity index (χ1v) is 11.8. The Balaban J connectivity index is 1.54. The average Bonchev–Trinajstić information content (AvgIpc) is 2.70. The molecule has 2 atom stereocenters. The Morgan fingerprint density at radius 3 is 2.46 bits per heavy atom. The summed E-state index contributed by atoms with van der Waals surface area (Å²) in [5, 5.41) is 3.09. The Kier molecular flexibility index (Phi) is 7.83. The lowest BCUT2D eigenvalue weighted by atomic mass is 9.89. The highest BCUT2D eigenvalue weighted by molar-refractivity contribution is 8.00. The van der Waals surface area contributed by atoms with Crippen molar-refractivity contribution in [3.63, 3.8) is 0 Å². The van der Waals surface area contributed by atoms with Crippen molar-refractivity contribution in [3.05, 3.63) is 29.8 Å². The molecular weight excluding hydrogens is 368 g/mol. The molecule has 1 aliphatic carbocycles. The first-order valence-electron chi connectivity index (χ1n) is 10.8. The van der Waals surface area contributed by atoms with Crippen LogP contribution in [-0.2, 0) is 4.79 Å². The lowest BCUT2D eigenvalue weighted by Gasteiger charge is -2.35. The second-order valence-electron chi connectivity index (χ2n) is 8.75. The smallest absolute Gasteiger partial charge is 0.255 e. The molecule has 1 saturated carbocycles. The Morgan fingerprint density at radius 1 is 1.07 bits per heavy atom. The molecule has 28 heavy (non-hydrogen) atoms. The molecule has 1 aliphatic heterocycles. The second kappa shape index (κ2) is 10.3. The zero-order valence-electron chi connectivity index (χ0n) is 17.3. The maximum atomic E-state index is 13.1. The molecule has 2 fully saturated rings. The molecule has 0 aromatic heterocycles. The van der Waals surface area contributed by atoms with Gasteiger partial charge in [-0.15, -0.1) is 11.8 Å². The van der Waals surface area contributed by atoms with Gasteiger partial charge in [0.2, 0.25) is 5.91 Å². The maximum Gasteiger partial charge on any atom is 0.255 e. The number of nitrogens with zero attached hydrogens (tertiary/aromatic N) is 1. The van der Waals surface area contributed by atoms with Crippen molar-refractivity contribution in [3.8, 4) is 0 Å². The monoisotopic (exact) mass is 402 g/mol. The predicted molar refractivity (Wildman–Crippen MR) is 116 cm³/mol. The predicted octanol–water partition coefficient (Wildman–Crippen LogP) is 4.59. The SMILES string of the molecule is CC1CC(C)CN(C(=O)c2ccccc2SCC(=O)NCC2CCCCC2)C1. The van der Waals surface area contributed by atoms with E-state index < -0.39 is 0 Å². The third-order valence-corrected chi connectivity index (χ3v) is 7.02. The van der Waals surface area contributed by atoms with Crippen LogP contribution in [0.1, 0.15) is 62.7 Å². The summed E-state index contributed by atoms with van der Waals surface area (Å²) < 4.78 is 0. The van der Waals surface area contributed by atoms with Gasteiger partial charge in [0.05, 0.1) is 11.3 Å². The van der Waals surface area contributed by atoms with Gasteiger partial charge in [0, 0.05) is 24.5 Å². The van der Waals surface area contributed by atoms with Crippen molar-refractivity contribution in [1.82, 2.24) is 10.2 Å². The van der Waals surface area contributed by atoms with Gasteiger partial charge < -0.3 is 10.2 Å². The molecule has 1 aromatic carbocycles. The minimum atomic E-state index is 0.0676. The molecule has 1 heterocycles. The molecule has 0 radical (unpaired) electrons. The van der Waals surface area contributed by atoms with Crippen molar-refractivity contribution in [2.75, 3.05) is 25.4 Å². The van der Waals surface area contributed by atoms with Gasteiger partial charge in [-0.3, -0.25) is 9.59 Å². The number of thioether (sulfide) groups is 1. The molecule has 154 valence electrons. The van der Waals surface area contributed by atoms with Crippen molar-refractivity contribution in [2.45, 2.75) is 57.3 Å². The second-order valence-corrected chi connectivity index (χ2v) is 9.77. The molecule has 1 saturated heterocycles. The summed E-state index contributed by atoms with van der Waals surface area (Å²) in [5.74, 6) is 2.25. The minimum Gasteiger partial charge on any atom is -0.355 e. The van der Waals surface area contributed by atoms with Crippen LogP contribution in [-0.4, -0.2) is 42.1 Å². The number of carbonyl (C=O) groups excluding carboxylic acids is 2. The number of rotatable bonds is 6. The third-order valence-electron chi connectivity index (χ3n) is 5.94. The summed E-state index contributed by atoms with van der Waals surface area (Å²) in [6, 6.07) is 7.72. The molecular formula is C23H34N2O2S. The Morgan fingerprint density at radius 2 is 1.75 bits per heavy atom. The number of hydrogen-bond acceptors (Lipinski definition) is 3. The van der Waals surface area contributed by atoms with Crippen molar-refractivity contribution >= 4 is 23.6 Å². The van der Waals surface area contributed by atoms with E-state index >= 15 is 0 Å². The van der Waals surface area contributed by atoms with E-state index in [1.54, 1.807) is 0 Å². The van der Waals surface area contributed by atoms with Crippen LogP contribution in [0.5, 0.6) is 0 Å². The van der Waals surface area contributed by atoms with E-state index in [9.17, 15) is 9.59 Å². The molecule has 1 aromatic rings. The van der Waals surface area contributed by atoms with Crippen molar-refractivity contribution in [1.29, 1.82) is 0 Å². The maximum absolute atomic E-state index is 13.1. The fourth-order valence-corrected chi connectivity index (χ4v) is 5.49. The first kappa shape index (κ1) is 21.2. The quantitative estimate of drug-likeness (QED) is 0.708. The van der Waals surface area contributed by atoms with Gasteiger partial charge in [0.25, 0.3) is 5.91 Å². The van der Waals surface area contributed by atoms with Crippen LogP contribution in [0, 0.1) is 17.8 Å². The summed E-state index contributed by atoms with van der Waals surface area (Å²) >= 11 is 1.48. The largest absolute Gasteiger partial charge is 0.355 e. The van der Waals surface area contributed by atoms with Crippen LogP contribution in [0.3, 0.4) is 0 Å². The van der Waals surface area contributed by atoms with E-state index in [4.69, 9.17) is 0 Å². The van der Waals surface area contributed by atoms with Crippen LogP contribution >= 0.6 is 11.8 Å². The number of benzene rings is 1. The van der Waals surface area contributed by atoms with Crippen LogP contribution < -0.4 is 5.32 Å². The molecule has 2 unspecified atom stereocenters. The summed E-state index contributed by atoms with van der Waals surface area (Å²) in [6.07, 6.45) is 7.56. The van der Waals surface area contributed by atoms with Gasteiger partial charge in [-0.1, -0.05) is 45.2 Å². The minimum absolute atomic E-state index is 0.0676. The van der Waals surface area contributed by atoms with Crippen molar-refractivity contribution in [2.24, 2.45) is 17.8 Å². The zero-order valence-corrected chi connectivity index (χ0v) is 18.1. The number of piperidine rings is 1. The number of likely N-dealkylation sites (tertiary alicyclic amines) is 1. The summed E-state index contributed by atoms with van der Waals surface area (Å²) in [6.45, 7) is 6.87. The topological polar surface area (TPSA) is 49.4 Å². The van der Waals surface area contributed by atoms with Crippen LogP contribution in [0.2, 0.25) is 0 Å². The van der Waals surface area contributed by atoms with E-state index in [2.05, 4.69) is 19.2 Å². The number of amides is 2. The summed E-state index contributed by atoms with van der Waals surface area (Å²) in [4.78, 5) is 28.3. The van der Waals surface area contributed by atoms with Crippen LogP contribution in [0.4, 0.5) is 0 Å². The molecule has 0 bridgehead atoms. The molecule has 2 aliphatic rings. The summed E-state index contributed by atoms with van der Waals surface area (Å²) in [7, 11) is 0. The fraction of sp³-hybridized carbons (Fsp3) is 0.652. The van der Waals surface area contributed by atoms with E-state index in [1.165, 1.54) is 50.3 Å². The van der Waals surface area contributed by atoms with Gasteiger partial charge in [-0.2, -0.15) is 0 Å². The molecule has 4 nitrogen and oxygen atoms in total. The molecule has 2 amide bonds. The molecule has 3 rings (SSSR count). The molecule has 1 N–H and O–H groups in total. The highest BCUT2D eigenvalue weighted by atomic mass is 32.2. The van der Waals surface area contributed by atoms with Gasteiger partial charge in [0.1, 0.15) is 0 Å². The van der Waals surface area contributed by atoms with Crippen LogP contribution in [0.25, 0.3) is 0 Å². The number of nitrogens with one attached hydrogen (secondary N) is 1. The lowest BCUT2D eigenvalue weighted by molar-refractivity contribution is -0.118. The summed E-state index contributed by atoms with van der Waals surface area (Å²) in [5.41, 5.74) is 0.730. The van der Waals surface area contributed by atoms with E-state index in [1.807, 2.05) is 29.2 Å². The highest BCUT2D eigenvalue weighted by Crippen LogP contribution is 2.27. The van der Waals surface area contributed by atoms with E-state index in [-0.39, 0.29) is 11.8 Å². The van der Waals surface area contributed by atoms with Crippen LogP contribution in [0.15, 0.2) is 29.2 Å². The van der Waals surface area contributed by atoms with Crippen molar-refractivity contribution < 1.29 is 9.59 Å². The van der Waals surface area contributed by atoms with Gasteiger partial charge >= 0.3 is 0 Å². The van der Waals surface area contributed by atoms with Gasteiger partial charge in [-0.25, -0.2) is 0 Å². The molecule has 5 heteroatoms. The van der Waals surface area contributed by atoms with E-state index in [0.717, 1.165) is 30.1 Å². The van der Waals surface area contributed by atoms with E-state index in [0.29, 0.717) is 23.5 Å². The normalized spacial score (nSPS) is 23.4. The Bertz CT molecular complexity index is 662.